The number of carbonyl (C=O) groups is 4. The Balaban J connectivity index is 1.74. The van der Waals surface area contributed by atoms with Crippen molar-refractivity contribution in [1.82, 2.24) is 20.1 Å². The van der Waals surface area contributed by atoms with Crippen LogP contribution < -0.4 is 5.32 Å². The number of hydrogen-bond acceptors (Lipinski definition) is 9. The quantitative estimate of drug-likeness (QED) is 0.225. The van der Waals surface area contributed by atoms with E-state index < -0.39 is 29.9 Å². The average Bonchev–Trinajstić information content (AvgIpc) is 3.57. The topological polar surface area (TPSA) is 118 Å². The summed E-state index contributed by atoms with van der Waals surface area (Å²) >= 11 is 1.30. The number of ketones is 1. The van der Waals surface area contributed by atoms with E-state index in [4.69, 9.17) is 9.47 Å². The first-order valence-corrected chi connectivity index (χ1v) is 17.7. The van der Waals surface area contributed by atoms with Crippen LogP contribution in [0.4, 0.5) is 0 Å². The van der Waals surface area contributed by atoms with Gasteiger partial charge in [0.15, 0.2) is 5.78 Å². The molecule has 0 radical (unpaired) electrons. The first-order valence-electron chi connectivity index (χ1n) is 16.8. The Labute approximate surface area is 284 Å². The second-order valence-corrected chi connectivity index (χ2v) is 14.1. The van der Waals surface area contributed by atoms with E-state index in [1.54, 1.807) is 17.4 Å². The average molecular weight is 671 g/mol. The number of hydrogen-bond donors (Lipinski definition) is 1. The van der Waals surface area contributed by atoms with Gasteiger partial charge in [-0.05, 0) is 43.8 Å². The van der Waals surface area contributed by atoms with Gasteiger partial charge in [-0.2, -0.15) is 0 Å². The molecule has 11 heteroatoms. The smallest absolute Gasteiger partial charge is 0.328 e. The van der Waals surface area contributed by atoms with Gasteiger partial charge in [0.1, 0.15) is 22.8 Å². The van der Waals surface area contributed by atoms with Crippen LogP contribution >= 0.6 is 11.3 Å². The van der Waals surface area contributed by atoms with Gasteiger partial charge in [0, 0.05) is 50.8 Å². The highest BCUT2D eigenvalue weighted by Gasteiger charge is 2.37. The fourth-order valence-electron chi connectivity index (χ4n) is 6.43. The molecular formula is C36H54N4O6S. The molecule has 47 heavy (non-hydrogen) atoms. The van der Waals surface area contributed by atoms with E-state index in [-0.39, 0.29) is 54.1 Å². The van der Waals surface area contributed by atoms with Crippen molar-refractivity contribution in [3.8, 4) is 0 Å². The summed E-state index contributed by atoms with van der Waals surface area (Å²) in [6.45, 7) is 9.17. The number of methoxy groups -OCH3 is 2. The van der Waals surface area contributed by atoms with Crippen molar-refractivity contribution in [2.24, 2.45) is 17.8 Å². The Morgan fingerprint density at radius 2 is 1.81 bits per heavy atom. The number of piperidine rings is 1. The third-order valence-corrected chi connectivity index (χ3v) is 10.6. The molecule has 1 N–H and O–H groups in total. The van der Waals surface area contributed by atoms with Gasteiger partial charge < -0.3 is 19.7 Å². The van der Waals surface area contributed by atoms with Gasteiger partial charge in [-0.25, -0.2) is 9.78 Å². The molecule has 1 aliphatic rings. The number of benzene rings is 1. The van der Waals surface area contributed by atoms with Crippen LogP contribution in [0, 0.1) is 17.8 Å². The lowest BCUT2D eigenvalue weighted by Gasteiger charge is -2.37. The lowest BCUT2D eigenvalue weighted by Crippen LogP contribution is -2.48. The molecule has 1 saturated heterocycles. The van der Waals surface area contributed by atoms with Gasteiger partial charge in [-0.1, -0.05) is 70.9 Å². The SMILES string of the molecule is CC[C@H](C)[C@H](CC(=O)[C@H]1CCCCN1C)C(=O)N(C)[C@H](C[C@@H](OC)c1nc(C(=O)N[C@@H](Cc2ccccc2)C(=O)OC)cs1)C(C)C. The van der Waals surface area contributed by atoms with E-state index in [0.717, 1.165) is 37.8 Å². The fourth-order valence-corrected chi connectivity index (χ4v) is 7.32. The normalized spacial score (nSPS) is 18.5. The highest BCUT2D eigenvalue weighted by molar-refractivity contribution is 7.09. The van der Waals surface area contributed by atoms with Gasteiger partial charge >= 0.3 is 5.97 Å². The number of likely N-dealkylation sites (N-methyl/N-ethyl adjacent to an activating group) is 1. The molecule has 10 nitrogen and oxygen atoms in total. The van der Waals surface area contributed by atoms with Gasteiger partial charge in [-0.15, -0.1) is 11.3 Å². The standard InChI is InChI=1S/C36H54N4O6S/c1-9-24(4)26(20-31(41)29-17-13-14-18-39(29)5)35(43)40(6)30(23(2)3)21-32(45-7)34-38-28(22-47-34)33(42)37-27(36(44)46-8)19-25-15-11-10-12-16-25/h10-12,15-16,22-24,26-27,29-30,32H,9,13-14,17-21H2,1-8H3,(H,37,42)/t24-,26-,27-,29+,30+,32+/m0/s1. The van der Waals surface area contributed by atoms with Gasteiger partial charge in [0.25, 0.3) is 5.91 Å². The van der Waals surface area contributed by atoms with Gasteiger partial charge in [0.05, 0.1) is 13.2 Å². The number of nitrogens with one attached hydrogen (secondary N) is 1. The second-order valence-electron chi connectivity index (χ2n) is 13.2. The summed E-state index contributed by atoms with van der Waals surface area (Å²) in [5.41, 5.74) is 1.07. The zero-order valence-electron chi connectivity index (χ0n) is 29.4. The maximum Gasteiger partial charge on any atom is 0.328 e. The lowest BCUT2D eigenvalue weighted by atomic mass is 9.83. The van der Waals surface area contributed by atoms with E-state index in [1.807, 2.05) is 44.4 Å². The molecule has 1 aromatic heterocycles. The molecule has 0 unspecified atom stereocenters. The molecule has 1 fully saturated rings. The molecule has 2 heterocycles. The zero-order valence-corrected chi connectivity index (χ0v) is 30.2. The van der Waals surface area contributed by atoms with E-state index in [1.165, 1.54) is 18.4 Å². The Morgan fingerprint density at radius 1 is 1.11 bits per heavy atom. The first kappa shape index (κ1) is 38.3. The highest BCUT2D eigenvalue weighted by Crippen LogP contribution is 2.32. The summed E-state index contributed by atoms with van der Waals surface area (Å²) in [7, 11) is 6.72. The number of carbonyl (C=O) groups excluding carboxylic acids is 4. The molecular weight excluding hydrogens is 616 g/mol. The van der Waals surface area contributed by atoms with Crippen LogP contribution in [0.1, 0.15) is 93.4 Å². The number of nitrogens with zero attached hydrogens (tertiary/aromatic N) is 3. The lowest BCUT2D eigenvalue weighted by molar-refractivity contribution is -0.143. The molecule has 1 aromatic carbocycles. The van der Waals surface area contributed by atoms with Crippen LogP contribution in [0.3, 0.4) is 0 Å². The molecule has 0 saturated carbocycles. The number of aromatic nitrogens is 1. The Morgan fingerprint density at radius 3 is 2.40 bits per heavy atom. The van der Waals surface area contributed by atoms with Crippen LogP contribution in [0.5, 0.6) is 0 Å². The molecule has 1 aliphatic heterocycles. The predicted molar refractivity (Wildman–Crippen MR) is 184 cm³/mol. The molecule has 260 valence electrons. The Hall–Kier alpha value is -3.15. The monoisotopic (exact) mass is 670 g/mol. The number of thiazole rings is 1. The molecule has 3 rings (SSSR count). The van der Waals surface area contributed by atoms with Crippen molar-refractivity contribution < 1.29 is 28.7 Å². The largest absolute Gasteiger partial charge is 0.467 e. The third kappa shape index (κ3) is 10.4. The molecule has 0 bridgehead atoms. The number of ether oxygens (including phenoxy) is 2. The number of amides is 2. The molecule has 0 spiro atoms. The fraction of sp³-hybridized carbons (Fsp3) is 0.639. The molecule has 0 aliphatic carbocycles. The minimum absolute atomic E-state index is 0.0220. The second kappa shape index (κ2) is 18.4. The first-order chi connectivity index (χ1) is 22.4. The summed E-state index contributed by atoms with van der Waals surface area (Å²) in [5, 5.41) is 5.03. The molecule has 2 aromatic rings. The van der Waals surface area contributed by atoms with Gasteiger partial charge in [-0.3, -0.25) is 19.3 Å². The van der Waals surface area contributed by atoms with Crippen LogP contribution in [0.2, 0.25) is 0 Å². The van der Waals surface area contributed by atoms with Crippen molar-refractivity contribution in [3.05, 3.63) is 52.0 Å². The highest BCUT2D eigenvalue weighted by atomic mass is 32.1. The van der Waals surface area contributed by atoms with E-state index in [9.17, 15) is 19.2 Å². The van der Waals surface area contributed by atoms with Crippen LogP contribution in [0.25, 0.3) is 0 Å². The Kier molecular flexibility index (Phi) is 15.0. The summed E-state index contributed by atoms with van der Waals surface area (Å²) in [6.07, 6.45) is 4.32. The Bertz CT molecular complexity index is 1320. The summed E-state index contributed by atoms with van der Waals surface area (Å²) < 4.78 is 10.8. The van der Waals surface area contributed by atoms with Crippen molar-refractivity contribution in [1.29, 1.82) is 0 Å². The molecule has 6 atom stereocenters. The van der Waals surface area contributed by atoms with Crippen molar-refractivity contribution in [2.75, 3.05) is 34.9 Å². The van der Waals surface area contributed by atoms with Crippen LogP contribution in [0.15, 0.2) is 35.7 Å². The van der Waals surface area contributed by atoms with Crippen LogP contribution in [-0.4, -0.2) is 91.3 Å². The number of likely N-dealkylation sites (tertiary alicyclic amines) is 1. The predicted octanol–water partition coefficient (Wildman–Crippen LogP) is 5.32. The maximum absolute atomic E-state index is 14.1. The van der Waals surface area contributed by atoms with E-state index in [2.05, 4.69) is 42.9 Å². The van der Waals surface area contributed by atoms with Crippen LogP contribution in [-0.2, 0) is 30.3 Å². The number of esters is 1. The number of rotatable bonds is 17. The minimum Gasteiger partial charge on any atom is -0.467 e. The van der Waals surface area contributed by atoms with Crippen molar-refractivity contribution in [3.63, 3.8) is 0 Å². The van der Waals surface area contributed by atoms with Gasteiger partial charge in [0.2, 0.25) is 5.91 Å². The van der Waals surface area contributed by atoms with Crippen molar-refractivity contribution >= 4 is 34.9 Å². The third-order valence-electron chi connectivity index (χ3n) is 9.67. The zero-order chi connectivity index (χ0) is 34.7. The summed E-state index contributed by atoms with van der Waals surface area (Å²) in [4.78, 5) is 61.8. The number of Topliss-reactive ketones (excluding diaryl/α,β-unsaturated/α-hetero) is 1. The minimum atomic E-state index is -0.868. The van der Waals surface area contributed by atoms with E-state index in [0.29, 0.717) is 11.4 Å². The summed E-state index contributed by atoms with van der Waals surface area (Å²) in [6, 6.07) is 8.23. The van der Waals surface area contributed by atoms with Crippen molar-refractivity contribution in [2.45, 2.75) is 96.9 Å². The van der Waals surface area contributed by atoms with E-state index >= 15 is 0 Å². The molecule has 2 amide bonds. The maximum atomic E-state index is 14.1. The summed E-state index contributed by atoms with van der Waals surface area (Å²) in [5.74, 6) is -1.13.